The molecule has 0 aliphatic carbocycles. The lowest BCUT2D eigenvalue weighted by Crippen LogP contribution is -1.68. The second-order valence-electron chi connectivity index (χ2n) is 1.66. The van der Waals surface area contributed by atoms with Crippen molar-refractivity contribution in [2.45, 2.75) is 0 Å². The number of nitrogens with zero attached hydrogens (tertiary/aromatic N) is 2. The van der Waals surface area contributed by atoms with Crippen LogP contribution in [0.3, 0.4) is 0 Å². The van der Waals surface area contributed by atoms with E-state index in [1.165, 1.54) is 24.3 Å². The summed E-state index contributed by atoms with van der Waals surface area (Å²) in [5.74, 6) is -0.294. The Morgan fingerprint density at radius 3 is 2.08 bits per heavy atom. The van der Waals surface area contributed by atoms with E-state index in [-0.39, 0.29) is 5.82 Å². The Hall–Kier alpha value is -1.58. The van der Waals surface area contributed by atoms with Crippen molar-refractivity contribution in [2.75, 3.05) is 0 Å². The molecule has 0 heterocycles. The van der Waals surface area contributed by atoms with Gasteiger partial charge in [-0.1, -0.05) is 17.7 Å². The van der Waals surface area contributed by atoms with Gasteiger partial charge in [-0.15, -0.1) is 0 Å². The molecule has 1 aromatic carbocycles. The average Bonchev–Trinajstić information content (AvgIpc) is 2.04. The molecule has 1 rings (SSSR count). The monoisotopic (exact) mass is 182 g/mol. The number of hydrogen-bond acceptors (Lipinski definition) is 2. The first-order valence-electron chi connectivity index (χ1n) is 2.90. The fourth-order valence-electron chi connectivity index (χ4n) is 0.460. The number of nitriles is 2. The van der Waals surface area contributed by atoms with E-state index in [0.717, 1.165) is 0 Å². The van der Waals surface area contributed by atoms with Crippen molar-refractivity contribution in [2.24, 2.45) is 0 Å². The maximum absolute atomic E-state index is 12.1. The van der Waals surface area contributed by atoms with E-state index in [1.807, 2.05) is 0 Å². The Balaban J connectivity index is 0.000000261. The van der Waals surface area contributed by atoms with Gasteiger partial charge in [-0.2, -0.15) is 10.5 Å². The van der Waals surface area contributed by atoms with Crippen molar-refractivity contribution < 1.29 is 4.39 Å². The third-order valence-corrected chi connectivity index (χ3v) is 1.07. The SMILES string of the molecule is Fc1cccc(Cl)c1.N#CC#N. The highest BCUT2D eigenvalue weighted by molar-refractivity contribution is 6.30. The van der Waals surface area contributed by atoms with Crippen molar-refractivity contribution in [3.63, 3.8) is 0 Å². The normalized spacial score (nSPS) is 7.00. The quantitative estimate of drug-likeness (QED) is 0.619. The van der Waals surface area contributed by atoms with E-state index in [1.54, 1.807) is 12.1 Å². The Morgan fingerprint density at radius 2 is 1.83 bits per heavy atom. The van der Waals surface area contributed by atoms with Crippen LogP contribution in [0, 0.1) is 28.5 Å². The number of halogens is 2. The van der Waals surface area contributed by atoms with Crippen molar-refractivity contribution >= 4 is 11.6 Å². The molecule has 0 amide bonds. The van der Waals surface area contributed by atoms with Crippen LogP contribution in [0.5, 0.6) is 0 Å². The minimum atomic E-state index is -0.294. The molecule has 12 heavy (non-hydrogen) atoms. The zero-order chi connectivity index (χ0) is 9.40. The Labute approximate surface area is 74.4 Å². The molecule has 0 bridgehead atoms. The van der Waals surface area contributed by atoms with E-state index < -0.39 is 0 Å². The molecular formula is C8H4ClFN2. The molecule has 0 saturated carbocycles. The molecular weight excluding hydrogens is 179 g/mol. The number of benzene rings is 1. The molecule has 0 aliphatic rings. The fourth-order valence-corrected chi connectivity index (χ4v) is 0.637. The van der Waals surface area contributed by atoms with Crippen molar-refractivity contribution in [3.05, 3.63) is 35.1 Å². The minimum absolute atomic E-state index is 0.294. The first kappa shape index (κ1) is 10.4. The van der Waals surface area contributed by atoms with E-state index in [4.69, 9.17) is 22.1 Å². The second-order valence-corrected chi connectivity index (χ2v) is 2.10. The standard InChI is InChI=1S/C6H4ClF.C2N2/c7-5-2-1-3-6(8)4-5;3-1-2-4/h1-4H;. The van der Waals surface area contributed by atoms with Crippen molar-refractivity contribution in [3.8, 4) is 12.1 Å². The van der Waals surface area contributed by atoms with Gasteiger partial charge in [0.1, 0.15) is 5.82 Å². The van der Waals surface area contributed by atoms with E-state index in [2.05, 4.69) is 0 Å². The molecule has 0 aliphatic heterocycles. The summed E-state index contributed by atoms with van der Waals surface area (Å²) in [4.78, 5) is 0. The lowest BCUT2D eigenvalue weighted by atomic mass is 10.4. The van der Waals surface area contributed by atoms with Crippen molar-refractivity contribution in [1.29, 1.82) is 10.5 Å². The molecule has 0 atom stereocenters. The summed E-state index contributed by atoms with van der Waals surface area (Å²) in [6.07, 6.45) is 0. The number of hydrogen-bond donors (Lipinski definition) is 0. The largest absolute Gasteiger partial charge is 0.207 e. The maximum atomic E-state index is 12.1. The Bertz CT molecular complexity index is 295. The fraction of sp³-hybridized carbons (Fsp3) is 0. The summed E-state index contributed by atoms with van der Waals surface area (Å²) in [5, 5.41) is 15.0. The summed E-state index contributed by atoms with van der Waals surface area (Å²) >= 11 is 5.40. The van der Waals surface area contributed by atoms with Crippen LogP contribution < -0.4 is 0 Å². The van der Waals surface area contributed by atoms with Gasteiger partial charge in [0.25, 0.3) is 0 Å². The molecule has 0 spiro atoms. The topological polar surface area (TPSA) is 47.6 Å². The predicted molar refractivity (Wildman–Crippen MR) is 42.6 cm³/mol. The molecule has 0 fully saturated rings. The summed E-state index contributed by atoms with van der Waals surface area (Å²) in [6.45, 7) is 0. The van der Waals surface area contributed by atoms with Gasteiger partial charge in [0.15, 0.2) is 12.1 Å². The highest BCUT2D eigenvalue weighted by atomic mass is 35.5. The zero-order valence-corrected chi connectivity index (χ0v) is 6.72. The molecule has 0 saturated heterocycles. The van der Waals surface area contributed by atoms with Gasteiger partial charge in [0.05, 0.1) is 0 Å². The molecule has 2 nitrogen and oxygen atoms in total. The van der Waals surface area contributed by atoms with E-state index >= 15 is 0 Å². The zero-order valence-electron chi connectivity index (χ0n) is 5.96. The van der Waals surface area contributed by atoms with Crippen LogP contribution in [0.1, 0.15) is 0 Å². The molecule has 4 heteroatoms. The molecule has 1 aromatic rings. The highest BCUT2D eigenvalue weighted by Crippen LogP contribution is 2.07. The smallest absolute Gasteiger partial charge is 0.181 e. The Morgan fingerprint density at radius 1 is 1.25 bits per heavy atom. The second kappa shape index (κ2) is 6.15. The molecule has 0 radical (unpaired) electrons. The molecule has 0 unspecified atom stereocenters. The van der Waals surface area contributed by atoms with Crippen LogP contribution in [0.4, 0.5) is 4.39 Å². The minimum Gasteiger partial charge on any atom is -0.207 e. The summed E-state index contributed by atoms with van der Waals surface area (Å²) in [6, 6.07) is 8.29. The van der Waals surface area contributed by atoms with E-state index in [0.29, 0.717) is 5.02 Å². The highest BCUT2D eigenvalue weighted by Gasteiger charge is 1.86. The van der Waals surface area contributed by atoms with Gasteiger partial charge in [-0.3, -0.25) is 0 Å². The van der Waals surface area contributed by atoms with Gasteiger partial charge in [-0.05, 0) is 18.2 Å². The van der Waals surface area contributed by atoms with Crippen LogP contribution in [0.25, 0.3) is 0 Å². The summed E-state index contributed by atoms with van der Waals surface area (Å²) in [5.41, 5.74) is 0. The van der Waals surface area contributed by atoms with E-state index in [9.17, 15) is 4.39 Å². The van der Waals surface area contributed by atoms with Crippen molar-refractivity contribution in [1.82, 2.24) is 0 Å². The third kappa shape index (κ3) is 5.22. The van der Waals surface area contributed by atoms with Gasteiger partial charge in [0.2, 0.25) is 0 Å². The van der Waals surface area contributed by atoms with Crippen LogP contribution in [-0.4, -0.2) is 0 Å². The average molecular weight is 183 g/mol. The third-order valence-electron chi connectivity index (χ3n) is 0.837. The van der Waals surface area contributed by atoms with Gasteiger partial charge >= 0.3 is 0 Å². The van der Waals surface area contributed by atoms with Gasteiger partial charge < -0.3 is 0 Å². The first-order valence-corrected chi connectivity index (χ1v) is 3.27. The van der Waals surface area contributed by atoms with Crippen LogP contribution in [0.15, 0.2) is 24.3 Å². The van der Waals surface area contributed by atoms with Gasteiger partial charge in [0, 0.05) is 5.02 Å². The Kier molecular flexibility index (Phi) is 5.34. The molecule has 0 aromatic heterocycles. The maximum Gasteiger partial charge on any atom is 0.181 e. The summed E-state index contributed by atoms with van der Waals surface area (Å²) in [7, 11) is 0. The van der Waals surface area contributed by atoms with Crippen LogP contribution in [0.2, 0.25) is 5.02 Å². The predicted octanol–water partition coefficient (Wildman–Crippen LogP) is 2.51. The van der Waals surface area contributed by atoms with Gasteiger partial charge in [-0.25, -0.2) is 4.39 Å². The number of rotatable bonds is 0. The molecule has 60 valence electrons. The lowest BCUT2D eigenvalue weighted by molar-refractivity contribution is 0.628. The summed E-state index contributed by atoms with van der Waals surface area (Å²) < 4.78 is 12.1. The van der Waals surface area contributed by atoms with Crippen LogP contribution in [-0.2, 0) is 0 Å². The lowest BCUT2D eigenvalue weighted by Gasteiger charge is -1.85. The first-order chi connectivity index (χ1) is 5.70. The molecule has 0 N–H and O–H groups in total. The van der Waals surface area contributed by atoms with Crippen LogP contribution >= 0.6 is 11.6 Å².